The number of ketones is 1. The molecule has 4 nitrogen and oxygen atoms in total. The summed E-state index contributed by atoms with van der Waals surface area (Å²) in [5, 5.41) is 8.54. The van der Waals surface area contributed by atoms with Crippen molar-refractivity contribution in [3.8, 4) is 0 Å². The molecule has 0 N–H and O–H groups in total. The Morgan fingerprint density at radius 1 is 1.12 bits per heavy atom. The van der Waals surface area contributed by atoms with Crippen molar-refractivity contribution in [2.75, 3.05) is 0 Å². The first-order valence-corrected chi connectivity index (χ1v) is 5.22. The van der Waals surface area contributed by atoms with Crippen LogP contribution < -0.4 is 4.57 Å². The van der Waals surface area contributed by atoms with Gasteiger partial charge in [0.05, 0.1) is 0 Å². The number of Topliss-reactive ketones (excluding diaryl/α,β-unsaturated/α-hetero) is 1. The Kier molecular flexibility index (Phi) is 3.22. The molecule has 0 aliphatic rings. The van der Waals surface area contributed by atoms with Gasteiger partial charge in [0.2, 0.25) is 17.7 Å². The highest BCUT2D eigenvalue weighted by molar-refractivity contribution is 5.95. The van der Waals surface area contributed by atoms with E-state index in [2.05, 4.69) is 4.98 Å². The molecule has 0 spiro atoms. The minimum atomic E-state index is 0.0192. The average Bonchev–Trinajstić information content (AvgIpc) is 2.40. The third-order valence-corrected chi connectivity index (χ3v) is 2.41. The summed E-state index contributed by atoms with van der Waals surface area (Å²) in [7, 11) is 0. The zero-order chi connectivity index (χ0) is 12.1. The topological polar surface area (TPSA) is 49.1 Å². The standard InChI is InChI=1S/C13H11N3O/c14-15-12-6-4-11(5-7-12)13(17)10-16-8-2-1-3-9-16/h1-9H,10H2/q+2. The van der Waals surface area contributed by atoms with Gasteiger partial charge in [-0.3, -0.25) is 4.79 Å². The summed E-state index contributed by atoms with van der Waals surface area (Å²) in [6.45, 7) is 0.302. The van der Waals surface area contributed by atoms with Crippen molar-refractivity contribution in [3.63, 3.8) is 0 Å². The van der Waals surface area contributed by atoms with E-state index in [1.54, 1.807) is 24.3 Å². The summed E-state index contributed by atoms with van der Waals surface area (Å²) >= 11 is 0. The third kappa shape index (κ3) is 2.73. The molecule has 0 unspecified atom stereocenters. The summed E-state index contributed by atoms with van der Waals surface area (Å²) < 4.78 is 1.81. The normalized spacial score (nSPS) is 9.59. The van der Waals surface area contributed by atoms with E-state index in [0.717, 1.165) is 0 Å². The van der Waals surface area contributed by atoms with E-state index in [1.165, 1.54) is 0 Å². The van der Waals surface area contributed by atoms with E-state index >= 15 is 0 Å². The van der Waals surface area contributed by atoms with Gasteiger partial charge < -0.3 is 0 Å². The molecular formula is C13H11N3O+2. The van der Waals surface area contributed by atoms with E-state index in [9.17, 15) is 4.79 Å². The first-order valence-electron chi connectivity index (χ1n) is 5.22. The van der Waals surface area contributed by atoms with Crippen LogP contribution in [0.1, 0.15) is 10.4 Å². The lowest BCUT2D eigenvalue weighted by atomic mass is 10.1. The summed E-state index contributed by atoms with van der Waals surface area (Å²) in [6, 6.07) is 12.2. The molecule has 0 bridgehead atoms. The van der Waals surface area contributed by atoms with Crippen LogP contribution in [0.2, 0.25) is 0 Å². The predicted octanol–water partition coefficient (Wildman–Crippen LogP) is 2.34. The number of pyridine rings is 1. The molecule has 0 atom stereocenters. The number of carbonyl (C=O) groups is 1. The number of aromatic nitrogens is 1. The number of benzene rings is 1. The zero-order valence-corrected chi connectivity index (χ0v) is 9.15. The molecular weight excluding hydrogens is 214 g/mol. The lowest BCUT2D eigenvalue weighted by molar-refractivity contribution is -0.683. The minimum Gasteiger partial charge on any atom is -0.287 e. The van der Waals surface area contributed by atoms with Crippen molar-refractivity contribution >= 4 is 11.5 Å². The fourth-order valence-corrected chi connectivity index (χ4v) is 1.51. The highest BCUT2D eigenvalue weighted by Crippen LogP contribution is 2.12. The second-order valence-electron chi connectivity index (χ2n) is 3.62. The summed E-state index contributed by atoms with van der Waals surface area (Å²) in [6.07, 6.45) is 3.69. The van der Waals surface area contributed by atoms with Gasteiger partial charge >= 0.3 is 5.69 Å². The molecule has 1 heterocycles. The maximum atomic E-state index is 11.9. The number of diazo groups is 1. The highest BCUT2D eigenvalue weighted by atomic mass is 16.1. The van der Waals surface area contributed by atoms with Gasteiger partial charge in [0.1, 0.15) is 0 Å². The van der Waals surface area contributed by atoms with Crippen molar-refractivity contribution in [2.45, 2.75) is 6.54 Å². The molecule has 0 aliphatic heterocycles. The van der Waals surface area contributed by atoms with E-state index in [1.807, 2.05) is 35.2 Å². The van der Waals surface area contributed by atoms with Gasteiger partial charge in [-0.15, -0.1) is 0 Å². The first-order chi connectivity index (χ1) is 8.29. The number of carbonyl (C=O) groups excluding carboxylic acids is 1. The summed E-state index contributed by atoms with van der Waals surface area (Å²) in [5.41, 5.74) is 1.04. The molecule has 2 rings (SSSR count). The van der Waals surface area contributed by atoms with E-state index in [0.29, 0.717) is 17.8 Å². The smallest absolute Gasteiger partial charge is 0.287 e. The van der Waals surface area contributed by atoms with Gasteiger partial charge in [-0.1, -0.05) is 6.07 Å². The number of nitrogens with zero attached hydrogens (tertiary/aromatic N) is 3. The molecule has 0 amide bonds. The summed E-state index contributed by atoms with van der Waals surface area (Å²) in [5.74, 6) is 0.0192. The predicted molar refractivity (Wildman–Crippen MR) is 62.2 cm³/mol. The van der Waals surface area contributed by atoms with Crippen molar-refractivity contribution < 1.29 is 9.36 Å². The van der Waals surface area contributed by atoms with Crippen LogP contribution in [0.4, 0.5) is 5.69 Å². The Morgan fingerprint density at radius 3 is 2.35 bits per heavy atom. The second kappa shape index (κ2) is 4.99. The Morgan fingerprint density at radius 2 is 1.76 bits per heavy atom. The second-order valence-corrected chi connectivity index (χ2v) is 3.62. The van der Waals surface area contributed by atoms with E-state index < -0.39 is 0 Å². The van der Waals surface area contributed by atoms with Crippen LogP contribution in [0.25, 0.3) is 4.98 Å². The number of hydrogen-bond acceptors (Lipinski definition) is 2. The molecule has 82 valence electrons. The molecule has 0 saturated heterocycles. The molecule has 2 aromatic rings. The lowest BCUT2D eigenvalue weighted by Gasteiger charge is -1.96. The van der Waals surface area contributed by atoms with Gasteiger partial charge in [-0.2, -0.15) is 4.57 Å². The van der Waals surface area contributed by atoms with Crippen molar-refractivity contribution in [1.82, 2.24) is 0 Å². The number of rotatable bonds is 3. The Hall–Kier alpha value is -2.54. The Bertz CT molecular complexity index is 555. The van der Waals surface area contributed by atoms with E-state index in [-0.39, 0.29) is 5.78 Å². The molecule has 0 aliphatic carbocycles. The largest absolute Gasteiger partial charge is 0.385 e. The third-order valence-electron chi connectivity index (χ3n) is 2.41. The Labute approximate surface area is 98.8 Å². The summed E-state index contributed by atoms with van der Waals surface area (Å²) in [4.78, 5) is 14.9. The van der Waals surface area contributed by atoms with Crippen LogP contribution in [0.15, 0.2) is 54.9 Å². The van der Waals surface area contributed by atoms with Crippen molar-refractivity contribution in [2.24, 2.45) is 0 Å². The highest BCUT2D eigenvalue weighted by Gasteiger charge is 2.13. The van der Waals surface area contributed by atoms with Gasteiger partial charge in [0.15, 0.2) is 17.4 Å². The van der Waals surface area contributed by atoms with Gasteiger partial charge in [-0.05, 0) is 12.1 Å². The van der Waals surface area contributed by atoms with Crippen LogP contribution in [0, 0.1) is 5.39 Å². The molecule has 1 aromatic heterocycles. The fraction of sp³-hybridized carbons (Fsp3) is 0.0769. The quantitative estimate of drug-likeness (QED) is 0.457. The van der Waals surface area contributed by atoms with Gasteiger partial charge in [-0.25, -0.2) is 0 Å². The Balaban J connectivity index is 2.13. The molecule has 1 aromatic carbocycles. The van der Waals surface area contributed by atoms with Crippen molar-refractivity contribution in [1.29, 1.82) is 5.39 Å². The van der Waals surface area contributed by atoms with Crippen molar-refractivity contribution in [3.05, 3.63) is 65.4 Å². The van der Waals surface area contributed by atoms with Crippen LogP contribution in [0.5, 0.6) is 0 Å². The van der Waals surface area contributed by atoms with Crippen LogP contribution >= 0.6 is 0 Å². The maximum Gasteiger partial charge on any atom is 0.385 e. The fourth-order valence-electron chi connectivity index (χ4n) is 1.51. The van der Waals surface area contributed by atoms with Crippen LogP contribution in [-0.4, -0.2) is 5.78 Å². The molecule has 0 fully saturated rings. The average molecular weight is 225 g/mol. The first kappa shape index (κ1) is 11.0. The monoisotopic (exact) mass is 225 g/mol. The lowest BCUT2D eigenvalue weighted by Crippen LogP contribution is -2.36. The zero-order valence-electron chi connectivity index (χ0n) is 9.15. The molecule has 17 heavy (non-hydrogen) atoms. The van der Waals surface area contributed by atoms with Gasteiger partial charge in [0.25, 0.3) is 0 Å². The molecule has 0 saturated carbocycles. The van der Waals surface area contributed by atoms with Crippen LogP contribution in [-0.2, 0) is 6.54 Å². The SMILES string of the molecule is N#[N+]c1ccc(C(=O)C[n+]2ccccc2)cc1. The maximum absolute atomic E-state index is 11.9. The minimum absolute atomic E-state index is 0.0192. The molecule has 4 heteroatoms. The number of hydrogen-bond donors (Lipinski definition) is 0. The van der Waals surface area contributed by atoms with Gasteiger partial charge in [0, 0.05) is 29.8 Å². The van der Waals surface area contributed by atoms with E-state index in [4.69, 9.17) is 5.39 Å². The molecule has 0 radical (unpaired) electrons. The van der Waals surface area contributed by atoms with Crippen LogP contribution in [0.3, 0.4) is 0 Å².